The molecule has 1 N–H and O–H groups in total. The van der Waals surface area contributed by atoms with E-state index >= 15 is 0 Å². The van der Waals surface area contributed by atoms with E-state index in [0.717, 1.165) is 10.0 Å². The van der Waals surface area contributed by atoms with Gasteiger partial charge in [-0.25, -0.2) is 5.01 Å². The topological polar surface area (TPSA) is 70.0 Å². The number of rotatable bonds is 4. The van der Waals surface area contributed by atoms with Gasteiger partial charge in [0.1, 0.15) is 0 Å². The summed E-state index contributed by atoms with van der Waals surface area (Å²) < 4.78 is 0.900. The molecule has 2 rings (SSSR count). The lowest BCUT2D eigenvalue weighted by Gasteiger charge is -2.14. The second-order valence-corrected chi connectivity index (χ2v) is 5.23. The number of halogens is 1. The van der Waals surface area contributed by atoms with Crippen molar-refractivity contribution in [2.75, 3.05) is 0 Å². The van der Waals surface area contributed by atoms with E-state index in [4.69, 9.17) is 5.11 Å². The van der Waals surface area contributed by atoms with E-state index in [2.05, 4.69) is 21.0 Å². The molecule has 0 radical (unpaired) electrons. The van der Waals surface area contributed by atoms with Crippen molar-refractivity contribution in [3.8, 4) is 0 Å². The molecule has 0 saturated heterocycles. The zero-order chi connectivity index (χ0) is 14.0. The smallest absolute Gasteiger partial charge is 0.304 e. The molecule has 100 valence electrons. The number of carboxylic acids is 1. The highest BCUT2D eigenvalue weighted by atomic mass is 79.9. The summed E-state index contributed by atoms with van der Waals surface area (Å²) in [4.78, 5) is 22.8. The Bertz CT molecular complexity index is 557. The van der Waals surface area contributed by atoms with Crippen molar-refractivity contribution in [3.05, 3.63) is 34.3 Å². The van der Waals surface area contributed by atoms with Gasteiger partial charge in [-0.15, -0.1) is 0 Å². The quantitative estimate of drug-likeness (QED) is 0.923. The van der Waals surface area contributed by atoms with Gasteiger partial charge in [-0.3, -0.25) is 9.59 Å². The van der Waals surface area contributed by atoms with Crippen LogP contribution in [0.15, 0.2) is 33.8 Å². The molecule has 0 spiro atoms. The number of benzene rings is 1. The first kappa shape index (κ1) is 13.7. The summed E-state index contributed by atoms with van der Waals surface area (Å²) in [6.07, 6.45) is -0.208. The summed E-state index contributed by atoms with van der Waals surface area (Å²) in [5, 5.41) is 14.3. The molecule has 1 atom stereocenters. The van der Waals surface area contributed by atoms with Crippen LogP contribution in [0.3, 0.4) is 0 Å². The highest BCUT2D eigenvalue weighted by Gasteiger charge is 2.35. The third-order valence-electron chi connectivity index (χ3n) is 2.99. The molecule has 1 aromatic carbocycles. The van der Waals surface area contributed by atoms with Crippen LogP contribution in [0, 0.1) is 5.92 Å². The minimum atomic E-state index is -0.990. The largest absolute Gasteiger partial charge is 0.481 e. The molecule has 19 heavy (non-hydrogen) atoms. The molecule has 1 heterocycles. The monoisotopic (exact) mass is 324 g/mol. The van der Waals surface area contributed by atoms with Gasteiger partial charge in [-0.1, -0.05) is 34.1 Å². The molecule has 0 bridgehead atoms. The molecule has 0 saturated carbocycles. The predicted molar refractivity (Wildman–Crippen MR) is 73.5 cm³/mol. The average Bonchev–Trinajstić information content (AvgIpc) is 2.60. The minimum Gasteiger partial charge on any atom is -0.481 e. The van der Waals surface area contributed by atoms with Crippen molar-refractivity contribution in [2.24, 2.45) is 11.0 Å². The number of carbonyl (C=O) groups is 2. The van der Waals surface area contributed by atoms with Crippen molar-refractivity contribution in [2.45, 2.75) is 19.9 Å². The number of amides is 1. The zero-order valence-corrected chi connectivity index (χ0v) is 11.9. The number of carboxylic acid groups (broad SMARTS) is 1. The van der Waals surface area contributed by atoms with Gasteiger partial charge < -0.3 is 5.11 Å². The van der Waals surface area contributed by atoms with E-state index in [1.807, 2.05) is 24.3 Å². The van der Waals surface area contributed by atoms with Gasteiger partial charge in [0, 0.05) is 10.2 Å². The summed E-state index contributed by atoms with van der Waals surface area (Å²) in [6, 6.07) is 7.56. The Hall–Kier alpha value is -1.69. The Morgan fingerprint density at radius 1 is 1.47 bits per heavy atom. The van der Waals surface area contributed by atoms with Crippen molar-refractivity contribution in [1.29, 1.82) is 0 Å². The first-order valence-corrected chi connectivity index (χ1v) is 6.60. The third-order valence-corrected chi connectivity index (χ3v) is 3.77. The highest BCUT2D eigenvalue weighted by Crippen LogP contribution is 2.24. The lowest BCUT2D eigenvalue weighted by atomic mass is 10.0. The first-order chi connectivity index (χ1) is 8.99. The summed E-state index contributed by atoms with van der Waals surface area (Å²) in [5.74, 6) is -1.88. The van der Waals surface area contributed by atoms with Crippen LogP contribution in [-0.2, 0) is 16.1 Å². The molecule has 0 aliphatic carbocycles. The summed E-state index contributed by atoms with van der Waals surface area (Å²) >= 11 is 3.41. The summed E-state index contributed by atoms with van der Waals surface area (Å²) in [5.41, 5.74) is 1.49. The van der Waals surface area contributed by atoms with Gasteiger partial charge in [-0.2, -0.15) is 5.10 Å². The zero-order valence-electron chi connectivity index (χ0n) is 10.3. The van der Waals surface area contributed by atoms with Crippen LogP contribution in [-0.4, -0.2) is 27.7 Å². The molecule has 1 aliphatic rings. The number of hydrazone groups is 1. The van der Waals surface area contributed by atoms with Gasteiger partial charge in [0.15, 0.2) is 0 Å². The van der Waals surface area contributed by atoms with Crippen LogP contribution in [0.5, 0.6) is 0 Å². The Morgan fingerprint density at radius 2 is 2.16 bits per heavy atom. The number of hydrogen-bond donors (Lipinski definition) is 1. The van der Waals surface area contributed by atoms with E-state index in [0.29, 0.717) is 12.3 Å². The van der Waals surface area contributed by atoms with Crippen LogP contribution >= 0.6 is 15.9 Å². The molecule has 0 fully saturated rings. The Morgan fingerprint density at radius 3 is 2.79 bits per heavy atom. The van der Waals surface area contributed by atoms with Crippen LogP contribution in [0.25, 0.3) is 0 Å². The average molecular weight is 325 g/mol. The van der Waals surface area contributed by atoms with Gasteiger partial charge in [-0.05, 0) is 18.6 Å². The van der Waals surface area contributed by atoms with E-state index in [1.54, 1.807) is 6.92 Å². The molecule has 1 amide bonds. The third kappa shape index (κ3) is 3.01. The molecule has 6 heteroatoms. The van der Waals surface area contributed by atoms with E-state index in [-0.39, 0.29) is 12.3 Å². The fourth-order valence-electron chi connectivity index (χ4n) is 1.98. The molecule has 1 unspecified atom stereocenters. The van der Waals surface area contributed by atoms with Crippen molar-refractivity contribution in [1.82, 2.24) is 5.01 Å². The van der Waals surface area contributed by atoms with Gasteiger partial charge >= 0.3 is 5.97 Å². The second kappa shape index (κ2) is 5.52. The van der Waals surface area contributed by atoms with Crippen LogP contribution in [0.4, 0.5) is 0 Å². The maximum atomic E-state index is 12.1. The van der Waals surface area contributed by atoms with Gasteiger partial charge in [0.05, 0.1) is 18.9 Å². The molecule has 0 aromatic heterocycles. The Labute approximate surface area is 119 Å². The van der Waals surface area contributed by atoms with Crippen molar-refractivity contribution in [3.63, 3.8) is 0 Å². The maximum Gasteiger partial charge on any atom is 0.304 e. The maximum absolute atomic E-state index is 12.1. The minimum absolute atomic E-state index is 0.208. The van der Waals surface area contributed by atoms with Gasteiger partial charge in [0.2, 0.25) is 0 Å². The predicted octanol–water partition coefficient (Wildman–Crippen LogP) is 2.26. The van der Waals surface area contributed by atoms with E-state index in [9.17, 15) is 9.59 Å². The SMILES string of the molecule is CC1=NN(Cc2ccccc2Br)C(=O)C1CC(=O)O. The van der Waals surface area contributed by atoms with Crippen LogP contribution in [0.2, 0.25) is 0 Å². The van der Waals surface area contributed by atoms with E-state index < -0.39 is 11.9 Å². The molecular formula is C13H13BrN2O3. The van der Waals surface area contributed by atoms with E-state index in [1.165, 1.54) is 5.01 Å². The Kier molecular flexibility index (Phi) is 3.99. The Balaban J connectivity index is 2.14. The number of carbonyl (C=O) groups excluding carboxylic acids is 1. The molecule has 1 aliphatic heterocycles. The lowest BCUT2D eigenvalue weighted by Crippen LogP contribution is -2.28. The fraction of sp³-hybridized carbons (Fsp3) is 0.308. The van der Waals surface area contributed by atoms with Gasteiger partial charge in [0.25, 0.3) is 5.91 Å². The van der Waals surface area contributed by atoms with Crippen molar-refractivity contribution >= 4 is 33.5 Å². The number of aliphatic carboxylic acids is 1. The summed E-state index contributed by atoms with van der Waals surface area (Å²) in [7, 11) is 0. The number of hydrogen-bond acceptors (Lipinski definition) is 3. The van der Waals surface area contributed by atoms with Crippen LogP contribution in [0.1, 0.15) is 18.9 Å². The normalized spacial score (nSPS) is 18.6. The first-order valence-electron chi connectivity index (χ1n) is 5.80. The molecule has 1 aromatic rings. The standard InChI is InChI=1S/C13H13BrN2O3/c1-8-10(6-12(17)18)13(19)16(15-8)7-9-4-2-3-5-11(9)14/h2-5,10H,6-7H2,1H3,(H,17,18). The van der Waals surface area contributed by atoms with Crippen LogP contribution < -0.4 is 0 Å². The fourth-order valence-corrected chi connectivity index (χ4v) is 2.39. The van der Waals surface area contributed by atoms with Crippen molar-refractivity contribution < 1.29 is 14.7 Å². The molecule has 5 nitrogen and oxygen atoms in total. The highest BCUT2D eigenvalue weighted by molar-refractivity contribution is 9.10. The number of nitrogens with zero attached hydrogens (tertiary/aromatic N) is 2. The second-order valence-electron chi connectivity index (χ2n) is 4.38. The summed E-state index contributed by atoms with van der Waals surface area (Å²) in [6.45, 7) is 2.03. The lowest BCUT2D eigenvalue weighted by molar-refractivity contribution is -0.142. The molecular weight excluding hydrogens is 312 g/mol.